The summed E-state index contributed by atoms with van der Waals surface area (Å²) in [5.74, 6) is 0. The van der Waals surface area contributed by atoms with E-state index >= 15 is 0 Å². The topological polar surface area (TPSA) is 0 Å². The molecule has 15 heavy (non-hydrogen) atoms. The van der Waals surface area contributed by atoms with Gasteiger partial charge in [-0.2, -0.15) is 13.2 Å². The lowest BCUT2D eigenvalue weighted by Gasteiger charge is -2.16. The van der Waals surface area contributed by atoms with Gasteiger partial charge in [0.1, 0.15) is 0 Å². The van der Waals surface area contributed by atoms with Crippen LogP contribution in [0, 0.1) is 13.8 Å². The summed E-state index contributed by atoms with van der Waals surface area (Å²) in [6.45, 7) is 3.50. The lowest BCUT2D eigenvalue weighted by atomic mass is 10.0. The van der Waals surface area contributed by atoms with Gasteiger partial charge >= 0.3 is 6.18 Å². The van der Waals surface area contributed by atoms with Crippen LogP contribution in [-0.4, -0.2) is 6.18 Å². The van der Waals surface area contributed by atoms with Gasteiger partial charge < -0.3 is 0 Å². The monoisotopic (exact) mass is 256 g/mol. The normalized spacial score (nSPS) is 14.1. The molecule has 0 nitrogen and oxygen atoms in total. The van der Waals surface area contributed by atoms with Gasteiger partial charge in [0.25, 0.3) is 0 Å². The molecule has 0 saturated carbocycles. The van der Waals surface area contributed by atoms with Gasteiger partial charge in [0.2, 0.25) is 0 Å². The van der Waals surface area contributed by atoms with Crippen LogP contribution in [0.1, 0.15) is 22.1 Å². The number of aryl methyl sites for hydroxylation is 2. The van der Waals surface area contributed by atoms with Gasteiger partial charge in [-0.1, -0.05) is 17.7 Å². The first-order chi connectivity index (χ1) is 6.73. The largest absolute Gasteiger partial charge is 0.408 e. The van der Waals surface area contributed by atoms with Gasteiger partial charge in [-0.15, -0.1) is 11.6 Å². The molecule has 0 N–H and O–H groups in total. The molecule has 0 aliphatic heterocycles. The van der Waals surface area contributed by atoms with Gasteiger partial charge in [-0.05, 0) is 36.6 Å². The van der Waals surface area contributed by atoms with Crippen LogP contribution in [0.3, 0.4) is 0 Å². The Hall–Kier alpha value is -0.410. The Balaban J connectivity index is 3.21. The molecular formula is C10H9Cl2F3. The molecule has 0 aliphatic rings. The second kappa shape index (κ2) is 4.22. The van der Waals surface area contributed by atoms with Crippen molar-refractivity contribution in [1.82, 2.24) is 0 Å². The third-order valence-corrected chi connectivity index (χ3v) is 2.98. The summed E-state index contributed by atoms with van der Waals surface area (Å²) >= 11 is 11.0. The van der Waals surface area contributed by atoms with E-state index in [-0.39, 0.29) is 10.6 Å². The van der Waals surface area contributed by atoms with E-state index in [1.807, 2.05) is 0 Å². The van der Waals surface area contributed by atoms with Gasteiger partial charge in [-0.3, -0.25) is 0 Å². The molecule has 0 fully saturated rings. The quantitative estimate of drug-likeness (QED) is 0.634. The zero-order chi connectivity index (χ0) is 11.8. The SMILES string of the molecule is Cc1cc(Cl)c(C(Cl)C(F)(F)F)cc1C. The van der Waals surface area contributed by atoms with E-state index in [0.29, 0.717) is 0 Å². The lowest BCUT2D eigenvalue weighted by Crippen LogP contribution is -2.16. The van der Waals surface area contributed by atoms with E-state index in [9.17, 15) is 13.2 Å². The van der Waals surface area contributed by atoms with Crippen molar-refractivity contribution in [2.45, 2.75) is 25.4 Å². The van der Waals surface area contributed by atoms with Crippen molar-refractivity contribution in [1.29, 1.82) is 0 Å². The van der Waals surface area contributed by atoms with Crippen LogP contribution >= 0.6 is 23.2 Å². The molecule has 0 aliphatic carbocycles. The van der Waals surface area contributed by atoms with E-state index in [2.05, 4.69) is 0 Å². The van der Waals surface area contributed by atoms with Gasteiger partial charge in [0, 0.05) is 5.02 Å². The molecule has 0 bridgehead atoms. The first-order valence-electron chi connectivity index (χ1n) is 4.21. The van der Waals surface area contributed by atoms with Crippen LogP contribution in [0.15, 0.2) is 12.1 Å². The molecule has 1 unspecified atom stereocenters. The predicted octanol–water partition coefficient (Wildman–Crippen LogP) is 4.80. The number of halogens is 5. The maximum absolute atomic E-state index is 12.4. The third kappa shape index (κ3) is 2.79. The van der Waals surface area contributed by atoms with Crippen molar-refractivity contribution < 1.29 is 13.2 Å². The number of benzene rings is 1. The van der Waals surface area contributed by atoms with E-state index in [1.165, 1.54) is 12.1 Å². The molecule has 0 saturated heterocycles. The minimum Gasteiger partial charge on any atom is -0.169 e. The summed E-state index contributed by atoms with van der Waals surface area (Å²) in [6, 6.07) is 2.87. The number of hydrogen-bond acceptors (Lipinski definition) is 0. The smallest absolute Gasteiger partial charge is 0.169 e. The highest BCUT2D eigenvalue weighted by molar-refractivity contribution is 6.33. The Morgan fingerprint density at radius 2 is 1.60 bits per heavy atom. The maximum Gasteiger partial charge on any atom is 0.408 e. The molecule has 0 radical (unpaired) electrons. The molecular weight excluding hydrogens is 248 g/mol. The van der Waals surface area contributed by atoms with Crippen LogP contribution in [0.5, 0.6) is 0 Å². The van der Waals surface area contributed by atoms with E-state index in [1.54, 1.807) is 13.8 Å². The van der Waals surface area contributed by atoms with Crippen molar-refractivity contribution in [3.8, 4) is 0 Å². The van der Waals surface area contributed by atoms with Crippen molar-refractivity contribution in [3.05, 3.63) is 33.8 Å². The number of rotatable bonds is 1. The fraction of sp³-hybridized carbons (Fsp3) is 0.400. The van der Waals surface area contributed by atoms with E-state index in [4.69, 9.17) is 23.2 Å². The molecule has 0 aromatic heterocycles. The number of hydrogen-bond donors (Lipinski definition) is 0. The Labute approximate surface area is 96.0 Å². The van der Waals surface area contributed by atoms with Crippen LogP contribution in [0.2, 0.25) is 5.02 Å². The molecule has 0 amide bonds. The van der Waals surface area contributed by atoms with Crippen molar-refractivity contribution in [2.75, 3.05) is 0 Å². The fourth-order valence-corrected chi connectivity index (χ4v) is 1.74. The molecule has 0 heterocycles. The third-order valence-electron chi connectivity index (χ3n) is 2.17. The second-order valence-electron chi connectivity index (χ2n) is 3.36. The molecule has 1 aromatic rings. The first-order valence-corrected chi connectivity index (χ1v) is 5.02. The number of alkyl halides is 4. The highest BCUT2D eigenvalue weighted by Crippen LogP contribution is 2.41. The molecule has 84 valence electrons. The van der Waals surface area contributed by atoms with Crippen molar-refractivity contribution in [3.63, 3.8) is 0 Å². The maximum atomic E-state index is 12.4. The van der Waals surface area contributed by atoms with E-state index < -0.39 is 11.6 Å². The Bertz CT molecular complexity index is 372. The molecule has 1 aromatic carbocycles. The summed E-state index contributed by atoms with van der Waals surface area (Å²) in [6.07, 6.45) is -4.48. The lowest BCUT2D eigenvalue weighted by molar-refractivity contribution is -0.131. The Morgan fingerprint density at radius 3 is 2.07 bits per heavy atom. The van der Waals surface area contributed by atoms with Crippen LogP contribution in [-0.2, 0) is 0 Å². The minimum atomic E-state index is -4.48. The standard InChI is InChI=1S/C10H9Cl2F3/c1-5-3-7(8(11)4-6(5)2)9(12)10(13,14)15/h3-4,9H,1-2H3. The van der Waals surface area contributed by atoms with Gasteiger partial charge in [0.15, 0.2) is 5.38 Å². The van der Waals surface area contributed by atoms with Crippen LogP contribution in [0.4, 0.5) is 13.2 Å². The summed E-state index contributed by atoms with van der Waals surface area (Å²) in [5.41, 5.74) is 1.49. The summed E-state index contributed by atoms with van der Waals surface area (Å²) < 4.78 is 37.1. The summed E-state index contributed by atoms with van der Waals surface area (Å²) in [5, 5.41) is -2.00. The van der Waals surface area contributed by atoms with Crippen molar-refractivity contribution >= 4 is 23.2 Å². The minimum absolute atomic E-state index is 0.0513. The van der Waals surface area contributed by atoms with Crippen LogP contribution < -0.4 is 0 Å². The highest BCUT2D eigenvalue weighted by Gasteiger charge is 2.40. The van der Waals surface area contributed by atoms with Gasteiger partial charge in [-0.25, -0.2) is 0 Å². The second-order valence-corrected chi connectivity index (χ2v) is 4.21. The highest BCUT2D eigenvalue weighted by atomic mass is 35.5. The van der Waals surface area contributed by atoms with E-state index in [0.717, 1.165) is 11.1 Å². The zero-order valence-corrected chi connectivity index (χ0v) is 9.63. The summed E-state index contributed by atoms with van der Waals surface area (Å²) in [4.78, 5) is 0. The molecule has 0 spiro atoms. The molecule has 5 heteroatoms. The molecule has 1 rings (SSSR count). The fourth-order valence-electron chi connectivity index (χ4n) is 1.17. The Kier molecular flexibility index (Phi) is 3.56. The van der Waals surface area contributed by atoms with Crippen LogP contribution in [0.25, 0.3) is 0 Å². The average molecular weight is 257 g/mol. The first kappa shape index (κ1) is 12.7. The summed E-state index contributed by atoms with van der Waals surface area (Å²) in [7, 11) is 0. The predicted molar refractivity (Wildman–Crippen MR) is 55.6 cm³/mol. The van der Waals surface area contributed by atoms with Gasteiger partial charge in [0.05, 0.1) is 0 Å². The zero-order valence-electron chi connectivity index (χ0n) is 8.12. The Morgan fingerprint density at radius 1 is 1.13 bits per heavy atom. The van der Waals surface area contributed by atoms with Crippen molar-refractivity contribution in [2.24, 2.45) is 0 Å². The molecule has 1 atom stereocenters. The average Bonchev–Trinajstić information content (AvgIpc) is 2.08.